The van der Waals surface area contributed by atoms with Crippen molar-refractivity contribution in [2.45, 2.75) is 25.7 Å². The van der Waals surface area contributed by atoms with Crippen LogP contribution in [0.5, 0.6) is 0 Å². The molecule has 19 heavy (non-hydrogen) atoms. The van der Waals surface area contributed by atoms with Crippen LogP contribution in [0.25, 0.3) is 0 Å². The maximum atomic E-state index is 12.3. The Morgan fingerprint density at radius 2 is 2.00 bits per heavy atom. The molecule has 0 aromatic heterocycles. The van der Waals surface area contributed by atoms with E-state index in [9.17, 15) is 4.79 Å². The van der Waals surface area contributed by atoms with E-state index in [1.54, 1.807) is 0 Å². The van der Waals surface area contributed by atoms with Gasteiger partial charge in [0.05, 0.1) is 10.4 Å². The van der Waals surface area contributed by atoms with Crippen LogP contribution >= 0.6 is 12.2 Å². The average molecular weight is 278 g/mol. The zero-order chi connectivity index (χ0) is 13.9. The van der Waals surface area contributed by atoms with Gasteiger partial charge in [0.2, 0.25) is 5.91 Å². The first kappa shape index (κ1) is 14.0. The Morgan fingerprint density at radius 3 is 2.42 bits per heavy atom. The lowest BCUT2D eigenvalue weighted by Gasteiger charge is -2.39. The number of amides is 1. The summed E-state index contributed by atoms with van der Waals surface area (Å²) in [4.78, 5) is 12.5. The first-order chi connectivity index (χ1) is 9.08. The summed E-state index contributed by atoms with van der Waals surface area (Å²) in [7, 11) is 0. The standard InChI is InChI=1S/C14H18N2O2S/c15-12(19)14(7-1-8-14)13(18)16-11-4-2-10(3-5-11)6-9-17/h2-5,17H,1,6-9H2,(H2,15,19)(H,16,18). The first-order valence-corrected chi connectivity index (χ1v) is 6.80. The Balaban J connectivity index is 2.04. The molecule has 1 aliphatic carbocycles. The third-order valence-corrected chi connectivity index (χ3v) is 4.12. The van der Waals surface area contributed by atoms with E-state index in [0.717, 1.165) is 30.5 Å². The second kappa shape index (κ2) is 5.67. The van der Waals surface area contributed by atoms with Crippen molar-refractivity contribution in [3.05, 3.63) is 29.8 Å². The van der Waals surface area contributed by atoms with Crippen molar-refractivity contribution in [1.29, 1.82) is 0 Å². The smallest absolute Gasteiger partial charge is 0.237 e. The van der Waals surface area contributed by atoms with Gasteiger partial charge in [0, 0.05) is 12.3 Å². The van der Waals surface area contributed by atoms with Crippen LogP contribution in [0.4, 0.5) is 5.69 Å². The van der Waals surface area contributed by atoms with Gasteiger partial charge in [-0.3, -0.25) is 4.79 Å². The summed E-state index contributed by atoms with van der Waals surface area (Å²) in [5.74, 6) is -0.110. The molecule has 1 aromatic carbocycles. The molecule has 102 valence electrons. The summed E-state index contributed by atoms with van der Waals surface area (Å²) in [6, 6.07) is 7.43. The van der Waals surface area contributed by atoms with Crippen LogP contribution in [-0.2, 0) is 11.2 Å². The molecule has 0 saturated heterocycles. The Kier molecular flexibility index (Phi) is 4.17. The monoisotopic (exact) mass is 278 g/mol. The molecular formula is C14H18N2O2S. The van der Waals surface area contributed by atoms with Crippen molar-refractivity contribution in [3.8, 4) is 0 Å². The molecule has 1 amide bonds. The Bertz CT molecular complexity index is 481. The number of carbonyl (C=O) groups excluding carboxylic acids is 1. The summed E-state index contributed by atoms with van der Waals surface area (Å²) < 4.78 is 0. The van der Waals surface area contributed by atoms with Crippen molar-refractivity contribution in [1.82, 2.24) is 0 Å². The van der Waals surface area contributed by atoms with E-state index in [-0.39, 0.29) is 17.5 Å². The van der Waals surface area contributed by atoms with Crippen LogP contribution in [0.1, 0.15) is 24.8 Å². The van der Waals surface area contributed by atoms with E-state index in [2.05, 4.69) is 5.32 Å². The first-order valence-electron chi connectivity index (χ1n) is 6.40. The number of aliphatic hydroxyl groups excluding tert-OH is 1. The fraction of sp³-hybridized carbons (Fsp3) is 0.429. The molecule has 1 aromatic rings. The van der Waals surface area contributed by atoms with Crippen LogP contribution in [0.2, 0.25) is 0 Å². The number of rotatable bonds is 5. The molecule has 4 nitrogen and oxygen atoms in total. The van der Waals surface area contributed by atoms with Gasteiger partial charge in [0.15, 0.2) is 0 Å². The highest BCUT2D eigenvalue weighted by Crippen LogP contribution is 2.42. The van der Waals surface area contributed by atoms with Crippen LogP contribution in [-0.4, -0.2) is 22.6 Å². The van der Waals surface area contributed by atoms with Crippen molar-refractivity contribution >= 4 is 28.8 Å². The number of hydrogen-bond donors (Lipinski definition) is 3. The molecule has 0 radical (unpaired) electrons. The number of aliphatic hydroxyl groups is 1. The third kappa shape index (κ3) is 2.77. The summed E-state index contributed by atoms with van der Waals surface area (Å²) >= 11 is 5.02. The Morgan fingerprint density at radius 1 is 1.37 bits per heavy atom. The summed E-state index contributed by atoms with van der Waals surface area (Å²) in [5.41, 5.74) is 6.81. The lowest BCUT2D eigenvalue weighted by molar-refractivity contribution is -0.125. The number of thiocarbonyl (C=S) groups is 1. The number of nitrogens with one attached hydrogen (secondary N) is 1. The predicted molar refractivity (Wildman–Crippen MR) is 78.9 cm³/mol. The van der Waals surface area contributed by atoms with Crippen molar-refractivity contribution in [3.63, 3.8) is 0 Å². The summed E-state index contributed by atoms with van der Waals surface area (Å²) in [6.45, 7) is 0.121. The molecule has 0 atom stereocenters. The van der Waals surface area contributed by atoms with Gasteiger partial charge in [-0.1, -0.05) is 30.8 Å². The molecule has 2 rings (SSSR count). The molecule has 1 saturated carbocycles. The maximum Gasteiger partial charge on any atom is 0.237 e. The molecule has 1 fully saturated rings. The average Bonchev–Trinajstić information content (AvgIpc) is 2.30. The van der Waals surface area contributed by atoms with Gasteiger partial charge in [0.25, 0.3) is 0 Å². The molecule has 0 unspecified atom stereocenters. The molecule has 5 heteroatoms. The lowest BCUT2D eigenvalue weighted by atomic mass is 9.68. The van der Waals surface area contributed by atoms with Crippen LogP contribution in [0.3, 0.4) is 0 Å². The Hall–Kier alpha value is -1.46. The topological polar surface area (TPSA) is 75.4 Å². The van der Waals surface area contributed by atoms with Gasteiger partial charge in [-0.15, -0.1) is 0 Å². The second-order valence-corrected chi connectivity index (χ2v) is 5.36. The number of anilines is 1. The largest absolute Gasteiger partial charge is 0.396 e. The fourth-order valence-corrected chi connectivity index (χ4v) is 2.55. The van der Waals surface area contributed by atoms with Crippen molar-refractivity contribution in [2.75, 3.05) is 11.9 Å². The number of nitrogens with two attached hydrogens (primary N) is 1. The zero-order valence-electron chi connectivity index (χ0n) is 10.7. The number of carbonyl (C=O) groups is 1. The van der Waals surface area contributed by atoms with Crippen molar-refractivity contribution in [2.24, 2.45) is 11.1 Å². The van der Waals surface area contributed by atoms with Gasteiger partial charge >= 0.3 is 0 Å². The quantitative estimate of drug-likeness (QED) is 0.715. The Labute approximate surface area is 118 Å². The van der Waals surface area contributed by atoms with Gasteiger partial charge in [-0.05, 0) is 37.0 Å². The van der Waals surface area contributed by atoms with Crippen LogP contribution in [0.15, 0.2) is 24.3 Å². The van der Waals surface area contributed by atoms with E-state index in [1.807, 2.05) is 24.3 Å². The van der Waals surface area contributed by atoms with Gasteiger partial charge in [-0.25, -0.2) is 0 Å². The minimum absolute atomic E-state index is 0.110. The molecule has 0 heterocycles. The summed E-state index contributed by atoms with van der Waals surface area (Å²) in [6.07, 6.45) is 3.07. The van der Waals surface area contributed by atoms with Gasteiger partial charge < -0.3 is 16.2 Å². The summed E-state index contributed by atoms with van der Waals surface area (Å²) in [5, 5.41) is 11.7. The van der Waals surface area contributed by atoms with E-state index < -0.39 is 5.41 Å². The maximum absolute atomic E-state index is 12.3. The molecule has 4 N–H and O–H groups in total. The number of hydrogen-bond acceptors (Lipinski definition) is 3. The highest BCUT2D eigenvalue weighted by molar-refractivity contribution is 7.80. The molecule has 0 bridgehead atoms. The minimum Gasteiger partial charge on any atom is -0.396 e. The fourth-order valence-electron chi connectivity index (χ4n) is 2.25. The van der Waals surface area contributed by atoms with E-state index in [0.29, 0.717) is 6.42 Å². The molecule has 0 aliphatic heterocycles. The van der Waals surface area contributed by atoms with Gasteiger partial charge in [-0.2, -0.15) is 0 Å². The van der Waals surface area contributed by atoms with E-state index in [1.165, 1.54) is 0 Å². The molecular weight excluding hydrogens is 260 g/mol. The number of benzene rings is 1. The van der Waals surface area contributed by atoms with Crippen LogP contribution in [0, 0.1) is 5.41 Å². The van der Waals surface area contributed by atoms with Gasteiger partial charge in [0.1, 0.15) is 0 Å². The second-order valence-electron chi connectivity index (χ2n) is 4.92. The third-order valence-electron chi connectivity index (χ3n) is 3.73. The van der Waals surface area contributed by atoms with E-state index in [4.69, 9.17) is 23.1 Å². The highest BCUT2D eigenvalue weighted by atomic mass is 32.1. The lowest BCUT2D eigenvalue weighted by Crippen LogP contribution is -2.50. The molecule has 0 spiro atoms. The minimum atomic E-state index is -0.654. The highest BCUT2D eigenvalue weighted by Gasteiger charge is 2.46. The SMILES string of the molecule is NC(=S)C1(C(=O)Nc2ccc(CCO)cc2)CCC1. The normalized spacial score (nSPS) is 16.5. The van der Waals surface area contributed by atoms with Crippen molar-refractivity contribution < 1.29 is 9.90 Å². The van der Waals surface area contributed by atoms with E-state index >= 15 is 0 Å². The predicted octanol–water partition coefficient (Wildman–Crippen LogP) is 1.62. The molecule has 1 aliphatic rings. The van der Waals surface area contributed by atoms with Crippen LogP contribution < -0.4 is 11.1 Å². The zero-order valence-corrected chi connectivity index (χ0v) is 11.5.